The number of nitro groups is 2. The molecule has 1 heterocycles. The number of amides is 1. The zero-order valence-electron chi connectivity index (χ0n) is 11.9. The van der Waals surface area contributed by atoms with Crippen molar-refractivity contribution in [3.05, 3.63) is 61.3 Å². The molecule has 12 heteroatoms. The van der Waals surface area contributed by atoms with E-state index >= 15 is 0 Å². The number of hydrogen-bond acceptors (Lipinski definition) is 6. The van der Waals surface area contributed by atoms with Gasteiger partial charge in [-0.05, 0) is 0 Å². The Morgan fingerprint density at radius 2 is 1.84 bits per heavy atom. The number of carbonyl (C=O) groups is 1. The second-order valence-corrected chi connectivity index (χ2v) is 4.69. The minimum Gasteiger partial charge on any atom is -0.271 e. The van der Waals surface area contributed by atoms with Gasteiger partial charge < -0.3 is 0 Å². The largest absolute Gasteiger partial charge is 0.421 e. The summed E-state index contributed by atoms with van der Waals surface area (Å²) < 4.78 is 39.7. The van der Waals surface area contributed by atoms with Gasteiger partial charge in [0.1, 0.15) is 5.57 Å². The average Bonchev–Trinajstić information content (AvgIpc) is 2.52. The van der Waals surface area contributed by atoms with Gasteiger partial charge in [0.15, 0.2) is 11.6 Å². The predicted molar refractivity (Wildman–Crippen MR) is 73.8 cm³/mol. The van der Waals surface area contributed by atoms with Crippen LogP contribution in [0.2, 0.25) is 0 Å². The van der Waals surface area contributed by atoms with Crippen LogP contribution in [0.4, 0.5) is 18.9 Å². The van der Waals surface area contributed by atoms with Crippen LogP contribution in [-0.2, 0) is 4.79 Å². The van der Waals surface area contributed by atoms with Crippen molar-refractivity contribution in [2.75, 3.05) is 0 Å². The smallest absolute Gasteiger partial charge is 0.271 e. The van der Waals surface area contributed by atoms with Crippen LogP contribution in [0, 0.1) is 37.5 Å². The Kier molecular flexibility index (Phi) is 4.34. The number of allylic oxidation sites excluding steroid dienone is 1. The third-order valence-corrected chi connectivity index (χ3v) is 3.18. The maximum absolute atomic E-state index is 13.2. The monoisotopic (exact) mass is 354 g/mol. The van der Waals surface area contributed by atoms with E-state index in [2.05, 4.69) is 4.99 Å². The first-order valence-corrected chi connectivity index (χ1v) is 6.31. The van der Waals surface area contributed by atoms with Gasteiger partial charge >= 0.3 is 11.9 Å². The standard InChI is InChI=1S/C13H5F3N4O5/c14-13(15,16)9-8(5-17)12(21)18-10(11(9)20(24)25)6-2-1-3-7(4-6)19(22)23/h1-4,8H. The number of alkyl halides is 3. The van der Waals surface area contributed by atoms with E-state index in [0.717, 1.165) is 30.3 Å². The summed E-state index contributed by atoms with van der Waals surface area (Å²) >= 11 is 0. The van der Waals surface area contributed by atoms with Crippen molar-refractivity contribution in [3.8, 4) is 6.07 Å². The molecule has 9 nitrogen and oxygen atoms in total. The van der Waals surface area contributed by atoms with Gasteiger partial charge in [-0.1, -0.05) is 12.1 Å². The molecule has 0 saturated heterocycles. The molecule has 0 aromatic heterocycles. The molecule has 0 N–H and O–H groups in total. The van der Waals surface area contributed by atoms with E-state index in [9.17, 15) is 38.2 Å². The number of nitriles is 1. The van der Waals surface area contributed by atoms with Crippen LogP contribution in [0.5, 0.6) is 0 Å². The number of benzene rings is 1. The number of hydrogen-bond donors (Lipinski definition) is 0. The molecule has 0 fully saturated rings. The SMILES string of the molecule is N#CC1C(=O)N=C(c2cccc([N+](=O)[O-])c2)C([N+](=O)[O-])=C1C(F)(F)F. The van der Waals surface area contributed by atoms with Crippen molar-refractivity contribution in [2.45, 2.75) is 6.18 Å². The van der Waals surface area contributed by atoms with E-state index in [1.807, 2.05) is 0 Å². The van der Waals surface area contributed by atoms with Crippen molar-refractivity contribution >= 4 is 17.3 Å². The van der Waals surface area contributed by atoms with E-state index in [-0.39, 0.29) is 0 Å². The van der Waals surface area contributed by atoms with Gasteiger partial charge in [-0.25, -0.2) is 4.99 Å². The van der Waals surface area contributed by atoms with Crippen LogP contribution in [0.25, 0.3) is 0 Å². The molecule has 1 unspecified atom stereocenters. The van der Waals surface area contributed by atoms with Crippen LogP contribution in [-0.4, -0.2) is 27.6 Å². The Hall–Kier alpha value is -3.62. The number of non-ortho nitro benzene ring substituents is 1. The molecule has 0 spiro atoms. The minimum atomic E-state index is -5.35. The number of nitrogens with zero attached hydrogens (tertiary/aromatic N) is 4. The third-order valence-electron chi connectivity index (χ3n) is 3.18. The zero-order chi connectivity index (χ0) is 18.9. The van der Waals surface area contributed by atoms with Crippen LogP contribution >= 0.6 is 0 Å². The fourth-order valence-corrected chi connectivity index (χ4v) is 2.19. The van der Waals surface area contributed by atoms with Gasteiger partial charge in [-0.2, -0.15) is 18.4 Å². The van der Waals surface area contributed by atoms with Crippen LogP contribution in [0.15, 0.2) is 40.5 Å². The van der Waals surface area contributed by atoms with Gasteiger partial charge in [-0.3, -0.25) is 25.0 Å². The second kappa shape index (κ2) is 6.11. The summed E-state index contributed by atoms with van der Waals surface area (Å²) in [6, 6.07) is 4.91. The number of halogens is 3. The van der Waals surface area contributed by atoms with Gasteiger partial charge in [0.25, 0.3) is 11.6 Å². The molecular weight excluding hydrogens is 349 g/mol. The summed E-state index contributed by atoms with van der Waals surface area (Å²) in [6.45, 7) is 0. The average molecular weight is 354 g/mol. The fraction of sp³-hybridized carbons (Fsp3) is 0.154. The molecular formula is C13H5F3N4O5. The summed E-state index contributed by atoms with van der Waals surface area (Å²) in [7, 11) is 0. The van der Waals surface area contributed by atoms with Crippen molar-refractivity contribution in [2.24, 2.45) is 10.9 Å². The summed E-state index contributed by atoms with van der Waals surface area (Å²) in [5.74, 6) is -4.02. The molecule has 0 bridgehead atoms. The normalized spacial score (nSPS) is 17.8. The first-order chi connectivity index (χ1) is 11.6. The first-order valence-electron chi connectivity index (χ1n) is 6.31. The highest BCUT2D eigenvalue weighted by molar-refractivity contribution is 6.18. The summed E-state index contributed by atoms with van der Waals surface area (Å²) in [5.41, 5.74) is -5.52. The number of aliphatic imine (C=N–C) groups is 1. The number of nitro benzene ring substituents is 1. The lowest BCUT2D eigenvalue weighted by molar-refractivity contribution is -0.418. The first kappa shape index (κ1) is 17.7. The number of rotatable bonds is 3. The van der Waals surface area contributed by atoms with E-state index < -0.39 is 56.1 Å². The van der Waals surface area contributed by atoms with E-state index in [0.29, 0.717) is 0 Å². The Morgan fingerprint density at radius 3 is 2.32 bits per heavy atom. The zero-order valence-corrected chi connectivity index (χ0v) is 11.9. The summed E-state index contributed by atoms with van der Waals surface area (Å²) in [5, 5.41) is 30.7. The lowest BCUT2D eigenvalue weighted by atomic mass is 9.90. The topological polar surface area (TPSA) is 140 Å². The molecule has 1 aromatic rings. The van der Waals surface area contributed by atoms with Gasteiger partial charge in [0.05, 0.1) is 15.9 Å². The summed E-state index contributed by atoms with van der Waals surface area (Å²) in [6.07, 6.45) is -5.35. The molecule has 1 amide bonds. The molecule has 2 rings (SSSR count). The van der Waals surface area contributed by atoms with E-state index in [1.54, 1.807) is 0 Å². The van der Waals surface area contributed by atoms with Gasteiger partial charge in [-0.15, -0.1) is 0 Å². The molecule has 25 heavy (non-hydrogen) atoms. The van der Waals surface area contributed by atoms with Crippen molar-refractivity contribution in [1.82, 2.24) is 0 Å². The lowest BCUT2D eigenvalue weighted by Crippen LogP contribution is -2.35. The predicted octanol–water partition coefficient (Wildman–Crippen LogP) is 2.16. The van der Waals surface area contributed by atoms with Crippen LogP contribution < -0.4 is 0 Å². The third kappa shape index (κ3) is 3.20. The Balaban J connectivity index is 2.81. The maximum Gasteiger partial charge on any atom is 0.421 e. The van der Waals surface area contributed by atoms with Gasteiger partial charge in [0.2, 0.25) is 0 Å². The highest BCUT2D eigenvalue weighted by atomic mass is 19.4. The number of carbonyl (C=O) groups excluding carboxylic acids is 1. The molecule has 1 atom stereocenters. The van der Waals surface area contributed by atoms with Crippen molar-refractivity contribution < 1.29 is 27.8 Å². The quantitative estimate of drug-likeness (QED) is 0.602. The van der Waals surface area contributed by atoms with Crippen LogP contribution in [0.1, 0.15) is 5.56 Å². The number of dihydropyridines is 1. The Labute approximate surface area is 136 Å². The molecule has 1 aliphatic heterocycles. The molecule has 0 saturated carbocycles. The van der Waals surface area contributed by atoms with Crippen molar-refractivity contribution in [3.63, 3.8) is 0 Å². The molecule has 1 aliphatic rings. The maximum atomic E-state index is 13.2. The minimum absolute atomic E-state index is 0.424. The summed E-state index contributed by atoms with van der Waals surface area (Å²) in [4.78, 5) is 34.6. The molecule has 0 aliphatic carbocycles. The highest BCUT2D eigenvalue weighted by Gasteiger charge is 2.52. The Bertz CT molecular complexity index is 898. The molecule has 128 valence electrons. The van der Waals surface area contributed by atoms with E-state index in [4.69, 9.17) is 5.26 Å². The Morgan fingerprint density at radius 1 is 1.20 bits per heavy atom. The molecule has 0 radical (unpaired) electrons. The highest BCUT2D eigenvalue weighted by Crippen LogP contribution is 2.38. The fourth-order valence-electron chi connectivity index (χ4n) is 2.19. The molecule has 1 aromatic carbocycles. The van der Waals surface area contributed by atoms with Crippen molar-refractivity contribution in [1.29, 1.82) is 5.26 Å². The van der Waals surface area contributed by atoms with Crippen LogP contribution in [0.3, 0.4) is 0 Å². The van der Waals surface area contributed by atoms with Gasteiger partial charge in [0, 0.05) is 17.7 Å². The lowest BCUT2D eigenvalue weighted by Gasteiger charge is -2.19. The van der Waals surface area contributed by atoms with E-state index in [1.165, 1.54) is 0 Å². The second-order valence-electron chi connectivity index (χ2n) is 4.69.